The van der Waals surface area contributed by atoms with Crippen LogP contribution in [0.3, 0.4) is 0 Å². The third-order valence-electron chi connectivity index (χ3n) is 4.91. The number of aromatic nitrogens is 3. The molecule has 0 aliphatic carbocycles. The van der Waals surface area contributed by atoms with Crippen molar-refractivity contribution in [3.63, 3.8) is 0 Å². The lowest BCUT2D eigenvalue weighted by molar-refractivity contribution is 0.109. The number of ether oxygens (including phenoxy) is 1. The summed E-state index contributed by atoms with van der Waals surface area (Å²) in [5.41, 5.74) is 3.68. The van der Waals surface area contributed by atoms with Crippen molar-refractivity contribution in [1.82, 2.24) is 15.0 Å². The number of piperidine rings is 1. The van der Waals surface area contributed by atoms with Crippen LogP contribution in [0.5, 0.6) is 0 Å². The fourth-order valence-corrected chi connectivity index (χ4v) is 3.63. The molecule has 7 nitrogen and oxygen atoms in total. The highest BCUT2D eigenvalue weighted by atomic mass is 16.5. The maximum Gasteiger partial charge on any atom is 0.146 e. The Kier molecular flexibility index (Phi) is 4.67. The van der Waals surface area contributed by atoms with Gasteiger partial charge in [-0.2, -0.15) is 5.26 Å². The van der Waals surface area contributed by atoms with Gasteiger partial charge in [0.2, 0.25) is 0 Å². The molecule has 7 heteroatoms. The number of anilines is 2. The van der Waals surface area contributed by atoms with Crippen LogP contribution in [0, 0.1) is 18.3 Å². The minimum Gasteiger partial charge on any atom is -0.376 e. The SMILES string of the molecule is Cc1cc(NC2CCCN(c3nc4c(cc3C#N)COCC4)C2)ncn1. The number of aryl methyl sites for hydroxylation is 1. The maximum atomic E-state index is 9.59. The third-order valence-corrected chi connectivity index (χ3v) is 4.91. The van der Waals surface area contributed by atoms with Gasteiger partial charge < -0.3 is 15.0 Å². The van der Waals surface area contributed by atoms with Gasteiger partial charge in [-0.3, -0.25) is 0 Å². The van der Waals surface area contributed by atoms with Gasteiger partial charge in [-0.1, -0.05) is 0 Å². The molecule has 134 valence electrons. The summed E-state index contributed by atoms with van der Waals surface area (Å²) in [5, 5.41) is 13.1. The van der Waals surface area contributed by atoms with Crippen molar-refractivity contribution in [2.45, 2.75) is 38.8 Å². The molecule has 1 N–H and O–H groups in total. The summed E-state index contributed by atoms with van der Waals surface area (Å²) in [6.07, 6.45) is 4.51. The van der Waals surface area contributed by atoms with Crippen LogP contribution in [-0.2, 0) is 17.8 Å². The highest BCUT2D eigenvalue weighted by Crippen LogP contribution is 2.27. The molecule has 2 aromatic heterocycles. The quantitative estimate of drug-likeness (QED) is 0.908. The van der Waals surface area contributed by atoms with E-state index in [9.17, 15) is 5.26 Å². The van der Waals surface area contributed by atoms with E-state index >= 15 is 0 Å². The first-order chi connectivity index (χ1) is 12.7. The van der Waals surface area contributed by atoms with Crippen LogP contribution < -0.4 is 10.2 Å². The summed E-state index contributed by atoms with van der Waals surface area (Å²) < 4.78 is 5.49. The molecule has 0 amide bonds. The van der Waals surface area contributed by atoms with Crippen molar-refractivity contribution in [3.8, 4) is 6.07 Å². The van der Waals surface area contributed by atoms with Crippen LogP contribution in [0.15, 0.2) is 18.5 Å². The summed E-state index contributed by atoms with van der Waals surface area (Å²) in [4.78, 5) is 15.5. The van der Waals surface area contributed by atoms with Crippen molar-refractivity contribution in [2.75, 3.05) is 29.9 Å². The molecule has 2 aliphatic rings. The first-order valence-electron chi connectivity index (χ1n) is 9.03. The average molecular weight is 350 g/mol. The van der Waals surface area contributed by atoms with E-state index in [-0.39, 0.29) is 6.04 Å². The minimum absolute atomic E-state index is 0.269. The van der Waals surface area contributed by atoms with Crippen LogP contribution in [0.25, 0.3) is 0 Å². The van der Waals surface area contributed by atoms with Crippen molar-refractivity contribution < 1.29 is 4.74 Å². The summed E-state index contributed by atoms with van der Waals surface area (Å²) in [6.45, 7) is 4.93. The Morgan fingerprint density at radius 3 is 3.12 bits per heavy atom. The van der Waals surface area contributed by atoms with Gasteiger partial charge in [0, 0.05) is 42.9 Å². The second kappa shape index (κ2) is 7.26. The van der Waals surface area contributed by atoms with Crippen molar-refractivity contribution in [2.24, 2.45) is 0 Å². The van der Waals surface area contributed by atoms with Gasteiger partial charge in [0.05, 0.1) is 24.5 Å². The summed E-state index contributed by atoms with van der Waals surface area (Å²) in [7, 11) is 0. The molecular weight excluding hydrogens is 328 g/mol. The smallest absolute Gasteiger partial charge is 0.146 e. The van der Waals surface area contributed by atoms with Gasteiger partial charge in [-0.05, 0) is 25.8 Å². The van der Waals surface area contributed by atoms with Crippen LogP contribution in [-0.4, -0.2) is 40.7 Å². The minimum atomic E-state index is 0.269. The number of nitrogens with one attached hydrogen (secondary N) is 1. The predicted molar refractivity (Wildman–Crippen MR) is 97.9 cm³/mol. The summed E-state index contributed by atoms with van der Waals surface area (Å²) in [5.74, 6) is 1.65. The Bertz CT molecular complexity index is 846. The predicted octanol–water partition coefficient (Wildman–Crippen LogP) is 2.21. The highest BCUT2D eigenvalue weighted by molar-refractivity contribution is 5.57. The number of nitrogens with zero attached hydrogens (tertiary/aromatic N) is 5. The number of hydrogen-bond donors (Lipinski definition) is 1. The maximum absolute atomic E-state index is 9.59. The van der Waals surface area contributed by atoms with Gasteiger partial charge in [-0.25, -0.2) is 15.0 Å². The molecule has 4 heterocycles. The third kappa shape index (κ3) is 3.46. The molecule has 2 aromatic rings. The Balaban J connectivity index is 1.55. The van der Waals surface area contributed by atoms with E-state index in [1.54, 1.807) is 6.33 Å². The van der Waals surface area contributed by atoms with Gasteiger partial charge >= 0.3 is 0 Å². The fourth-order valence-electron chi connectivity index (χ4n) is 3.63. The molecule has 0 radical (unpaired) electrons. The van der Waals surface area contributed by atoms with Crippen LogP contribution in [0.2, 0.25) is 0 Å². The number of pyridine rings is 1. The fraction of sp³-hybridized carbons (Fsp3) is 0.474. The molecular formula is C19H22N6O. The van der Waals surface area contributed by atoms with Gasteiger partial charge in [0.1, 0.15) is 24.0 Å². The Labute approximate surface area is 153 Å². The van der Waals surface area contributed by atoms with E-state index in [1.807, 2.05) is 19.1 Å². The van der Waals surface area contributed by atoms with Gasteiger partial charge in [0.25, 0.3) is 0 Å². The van der Waals surface area contributed by atoms with E-state index < -0.39 is 0 Å². The first-order valence-corrected chi connectivity index (χ1v) is 9.03. The molecule has 0 saturated carbocycles. The zero-order valence-electron chi connectivity index (χ0n) is 14.9. The normalized spacial score (nSPS) is 19.5. The molecule has 0 bridgehead atoms. The Morgan fingerprint density at radius 1 is 1.35 bits per heavy atom. The standard InChI is InChI=1S/C19H22N6O/c1-13-7-18(22-12-21-13)23-16-3-2-5-25(10-16)19-14(9-20)8-15-11-26-6-4-17(15)24-19/h7-8,12,16H,2-6,10-11H2,1H3,(H,21,22,23). The van der Waals surface area contributed by atoms with E-state index in [4.69, 9.17) is 9.72 Å². The molecule has 4 rings (SSSR count). The lowest BCUT2D eigenvalue weighted by Gasteiger charge is -2.35. The van der Waals surface area contributed by atoms with E-state index in [2.05, 4.69) is 26.3 Å². The summed E-state index contributed by atoms with van der Waals surface area (Å²) in [6, 6.07) is 6.48. The lowest BCUT2D eigenvalue weighted by Crippen LogP contribution is -2.43. The van der Waals surface area contributed by atoms with Gasteiger partial charge in [-0.15, -0.1) is 0 Å². The second-order valence-electron chi connectivity index (χ2n) is 6.85. The average Bonchev–Trinajstić information content (AvgIpc) is 2.67. The summed E-state index contributed by atoms with van der Waals surface area (Å²) >= 11 is 0. The van der Waals surface area contributed by atoms with E-state index in [1.165, 1.54) is 0 Å². The number of fused-ring (bicyclic) bond motifs is 1. The molecule has 0 aromatic carbocycles. The monoisotopic (exact) mass is 350 g/mol. The Morgan fingerprint density at radius 2 is 2.27 bits per heavy atom. The van der Waals surface area contributed by atoms with E-state index in [0.717, 1.165) is 60.9 Å². The van der Waals surface area contributed by atoms with Crippen molar-refractivity contribution >= 4 is 11.6 Å². The number of nitriles is 1. The molecule has 1 atom stereocenters. The van der Waals surface area contributed by atoms with Crippen LogP contribution in [0.1, 0.15) is 35.4 Å². The zero-order valence-corrected chi connectivity index (χ0v) is 14.9. The molecule has 2 aliphatic heterocycles. The Hall–Kier alpha value is -2.72. The van der Waals surface area contributed by atoms with Gasteiger partial charge in [0.15, 0.2) is 0 Å². The lowest BCUT2D eigenvalue weighted by atomic mass is 10.0. The molecule has 1 fully saturated rings. The van der Waals surface area contributed by atoms with Crippen LogP contribution >= 0.6 is 0 Å². The molecule has 1 saturated heterocycles. The molecule has 0 spiro atoms. The number of rotatable bonds is 3. The largest absolute Gasteiger partial charge is 0.376 e. The van der Waals surface area contributed by atoms with Crippen molar-refractivity contribution in [1.29, 1.82) is 5.26 Å². The molecule has 26 heavy (non-hydrogen) atoms. The first kappa shape index (κ1) is 16.7. The molecule has 1 unspecified atom stereocenters. The topological polar surface area (TPSA) is 87.0 Å². The number of hydrogen-bond acceptors (Lipinski definition) is 7. The second-order valence-corrected chi connectivity index (χ2v) is 6.85. The zero-order chi connectivity index (χ0) is 17.9. The van der Waals surface area contributed by atoms with E-state index in [0.29, 0.717) is 18.8 Å². The highest BCUT2D eigenvalue weighted by Gasteiger charge is 2.25. The van der Waals surface area contributed by atoms with Crippen molar-refractivity contribution in [3.05, 3.63) is 41.0 Å². The van der Waals surface area contributed by atoms with Crippen LogP contribution in [0.4, 0.5) is 11.6 Å².